The van der Waals surface area contributed by atoms with Gasteiger partial charge in [-0.1, -0.05) is 0 Å². The van der Waals surface area contributed by atoms with Crippen molar-refractivity contribution in [2.24, 2.45) is 0 Å². The SMILES string of the molecule is CCN(C)C(=O)N1CCCC1CCCO. The van der Waals surface area contributed by atoms with Gasteiger partial charge >= 0.3 is 6.03 Å². The van der Waals surface area contributed by atoms with E-state index in [1.165, 1.54) is 0 Å². The molecule has 2 amide bonds. The van der Waals surface area contributed by atoms with E-state index in [4.69, 9.17) is 5.11 Å². The molecule has 0 saturated carbocycles. The van der Waals surface area contributed by atoms with Crippen molar-refractivity contribution >= 4 is 6.03 Å². The van der Waals surface area contributed by atoms with Gasteiger partial charge in [-0.15, -0.1) is 0 Å². The minimum absolute atomic E-state index is 0.137. The van der Waals surface area contributed by atoms with Gasteiger partial charge in [0.25, 0.3) is 0 Å². The van der Waals surface area contributed by atoms with Gasteiger partial charge in [0.2, 0.25) is 0 Å². The van der Waals surface area contributed by atoms with Crippen LogP contribution in [0.3, 0.4) is 0 Å². The number of nitrogens with zero attached hydrogens (tertiary/aromatic N) is 2. The molecule has 0 aromatic heterocycles. The van der Waals surface area contributed by atoms with E-state index in [0.717, 1.165) is 38.8 Å². The molecule has 1 heterocycles. The molecule has 15 heavy (non-hydrogen) atoms. The molecule has 1 aliphatic heterocycles. The highest BCUT2D eigenvalue weighted by Gasteiger charge is 2.29. The van der Waals surface area contributed by atoms with Gasteiger partial charge in [0.05, 0.1) is 0 Å². The van der Waals surface area contributed by atoms with Crippen LogP contribution in [0.15, 0.2) is 0 Å². The van der Waals surface area contributed by atoms with E-state index in [1.807, 2.05) is 18.9 Å². The lowest BCUT2D eigenvalue weighted by molar-refractivity contribution is 0.154. The fraction of sp³-hybridized carbons (Fsp3) is 0.909. The van der Waals surface area contributed by atoms with Crippen LogP contribution in [-0.2, 0) is 0 Å². The summed E-state index contributed by atoms with van der Waals surface area (Å²) in [6.45, 7) is 3.83. The van der Waals surface area contributed by atoms with Crippen LogP contribution in [0.2, 0.25) is 0 Å². The number of carbonyl (C=O) groups is 1. The molecule has 0 radical (unpaired) electrons. The molecule has 1 aliphatic rings. The van der Waals surface area contributed by atoms with Crippen LogP contribution in [0.5, 0.6) is 0 Å². The molecule has 1 fully saturated rings. The number of likely N-dealkylation sites (tertiary alicyclic amines) is 1. The number of hydrogen-bond donors (Lipinski definition) is 1. The maximum Gasteiger partial charge on any atom is 0.319 e. The summed E-state index contributed by atoms with van der Waals surface area (Å²) in [7, 11) is 1.84. The number of urea groups is 1. The molecule has 0 bridgehead atoms. The van der Waals surface area contributed by atoms with Crippen molar-refractivity contribution in [3.8, 4) is 0 Å². The number of carbonyl (C=O) groups excluding carboxylic acids is 1. The first-order chi connectivity index (χ1) is 7.20. The van der Waals surface area contributed by atoms with E-state index in [0.29, 0.717) is 6.04 Å². The summed E-state index contributed by atoms with van der Waals surface area (Å²) in [6, 6.07) is 0.483. The Morgan fingerprint density at radius 2 is 2.33 bits per heavy atom. The fourth-order valence-corrected chi connectivity index (χ4v) is 2.07. The van der Waals surface area contributed by atoms with Crippen molar-refractivity contribution in [3.63, 3.8) is 0 Å². The molecule has 88 valence electrons. The molecule has 4 nitrogen and oxygen atoms in total. The number of aliphatic hydroxyl groups excluding tert-OH is 1. The standard InChI is InChI=1S/C11H22N2O2/c1-3-12(2)11(15)13-8-4-6-10(13)7-5-9-14/h10,14H,3-9H2,1-2H3. The Kier molecular flexibility index (Phi) is 4.88. The highest BCUT2D eigenvalue weighted by Crippen LogP contribution is 2.22. The third-order valence-electron chi connectivity index (χ3n) is 3.12. The zero-order valence-electron chi connectivity index (χ0n) is 9.78. The molecule has 0 aliphatic carbocycles. The average molecular weight is 214 g/mol. The molecule has 1 rings (SSSR count). The van der Waals surface area contributed by atoms with Gasteiger partial charge in [-0.05, 0) is 32.6 Å². The van der Waals surface area contributed by atoms with Gasteiger partial charge in [0.15, 0.2) is 0 Å². The summed E-state index contributed by atoms with van der Waals surface area (Å²) >= 11 is 0. The predicted molar refractivity (Wildman–Crippen MR) is 59.7 cm³/mol. The molecule has 1 unspecified atom stereocenters. The van der Waals surface area contributed by atoms with Crippen LogP contribution in [-0.4, -0.2) is 53.7 Å². The Morgan fingerprint density at radius 3 is 2.93 bits per heavy atom. The van der Waals surface area contributed by atoms with E-state index in [2.05, 4.69) is 0 Å². The highest BCUT2D eigenvalue weighted by molar-refractivity contribution is 5.74. The second-order valence-electron chi connectivity index (χ2n) is 4.15. The minimum atomic E-state index is 0.137. The van der Waals surface area contributed by atoms with Gasteiger partial charge in [0.1, 0.15) is 0 Å². The lowest BCUT2D eigenvalue weighted by atomic mass is 10.1. The molecule has 0 aromatic carbocycles. The Morgan fingerprint density at radius 1 is 1.60 bits per heavy atom. The van der Waals surface area contributed by atoms with Crippen molar-refractivity contribution in [1.29, 1.82) is 0 Å². The van der Waals surface area contributed by atoms with Gasteiger partial charge in [-0.25, -0.2) is 4.79 Å². The normalized spacial score (nSPS) is 20.7. The van der Waals surface area contributed by atoms with Crippen LogP contribution >= 0.6 is 0 Å². The second-order valence-corrected chi connectivity index (χ2v) is 4.15. The third kappa shape index (κ3) is 3.09. The van der Waals surface area contributed by atoms with Crippen LogP contribution < -0.4 is 0 Å². The van der Waals surface area contributed by atoms with Crippen LogP contribution in [0.25, 0.3) is 0 Å². The van der Waals surface area contributed by atoms with Crippen LogP contribution in [0.1, 0.15) is 32.6 Å². The first-order valence-electron chi connectivity index (χ1n) is 5.83. The number of rotatable bonds is 4. The summed E-state index contributed by atoms with van der Waals surface area (Å²) in [6.07, 6.45) is 3.91. The molecule has 1 N–H and O–H groups in total. The van der Waals surface area contributed by atoms with E-state index in [9.17, 15) is 4.79 Å². The van der Waals surface area contributed by atoms with Gasteiger partial charge in [-0.3, -0.25) is 0 Å². The third-order valence-corrected chi connectivity index (χ3v) is 3.12. The highest BCUT2D eigenvalue weighted by atomic mass is 16.3. The Hall–Kier alpha value is -0.770. The minimum Gasteiger partial charge on any atom is -0.396 e. The largest absolute Gasteiger partial charge is 0.396 e. The lowest BCUT2D eigenvalue weighted by Gasteiger charge is -2.29. The summed E-state index contributed by atoms with van der Waals surface area (Å²) in [5, 5.41) is 8.79. The summed E-state index contributed by atoms with van der Waals surface area (Å²) in [4.78, 5) is 15.6. The Labute approximate surface area is 91.9 Å². The predicted octanol–water partition coefficient (Wildman–Crippen LogP) is 1.29. The molecule has 0 aromatic rings. The van der Waals surface area contributed by atoms with E-state index in [1.54, 1.807) is 4.90 Å². The van der Waals surface area contributed by atoms with Crippen molar-refractivity contribution < 1.29 is 9.90 Å². The fourth-order valence-electron chi connectivity index (χ4n) is 2.07. The number of hydrogen-bond acceptors (Lipinski definition) is 2. The van der Waals surface area contributed by atoms with Crippen molar-refractivity contribution in [1.82, 2.24) is 9.80 Å². The number of aliphatic hydroxyl groups is 1. The van der Waals surface area contributed by atoms with Gasteiger partial charge < -0.3 is 14.9 Å². The zero-order chi connectivity index (χ0) is 11.3. The van der Waals surface area contributed by atoms with E-state index < -0.39 is 0 Å². The van der Waals surface area contributed by atoms with Crippen molar-refractivity contribution in [2.75, 3.05) is 26.7 Å². The molecule has 0 spiro atoms. The maximum atomic E-state index is 11.9. The Balaban J connectivity index is 2.48. The first kappa shape index (κ1) is 12.3. The topological polar surface area (TPSA) is 43.8 Å². The molecular formula is C11H22N2O2. The van der Waals surface area contributed by atoms with E-state index in [-0.39, 0.29) is 12.6 Å². The number of amides is 2. The first-order valence-corrected chi connectivity index (χ1v) is 5.83. The Bertz CT molecular complexity index is 209. The van der Waals surface area contributed by atoms with E-state index >= 15 is 0 Å². The lowest BCUT2D eigenvalue weighted by Crippen LogP contribution is -2.43. The maximum absolute atomic E-state index is 11.9. The molecular weight excluding hydrogens is 192 g/mol. The molecule has 4 heteroatoms. The molecule has 1 atom stereocenters. The van der Waals surface area contributed by atoms with Gasteiger partial charge in [0, 0.05) is 32.8 Å². The summed E-state index contributed by atoms with van der Waals surface area (Å²) in [5.74, 6) is 0. The zero-order valence-corrected chi connectivity index (χ0v) is 9.78. The smallest absolute Gasteiger partial charge is 0.319 e. The molecule has 1 saturated heterocycles. The summed E-state index contributed by atoms with van der Waals surface area (Å²) < 4.78 is 0. The van der Waals surface area contributed by atoms with Crippen molar-refractivity contribution in [2.45, 2.75) is 38.6 Å². The van der Waals surface area contributed by atoms with Crippen LogP contribution in [0.4, 0.5) is 4.79 Å². The second kappa shape index (κ2) is 5.95. The average Bonchev–Trinajstić information content (AvgIpc) is 2.72. The van der Waals surface area contributed by atoms with Crippen LogP contribution in [0, 0.1) is 0 Å². The quantitative estimate of drug-likeness (QED) is 0.766. The van der Waals surface area contributed by atoms with Gasteiger partial charge in [-0.2, -0.15) is 0 Å². The van der Waals surface area contributed by atoms with Crippen molar-refractivity contribution in [3.05, 3.63) is 0 Å². The monoisotopic (exact) mass is 214 g/mol. The summed E-state index contributed by atoms with van der Waals surface area (Å²) in [5.41, 5.74) is 0.